The highest BCUT2D eigenvalue weighted by Gasteiger charge is 2.19. The molecule has 0 radical (unpaired) electrons. The van der Waals surface area contributed by atoms with E-state index in [2.05, 4.69) is 34.6 Å². The number of esters is 3. The van der Waals surface area contributed by atoms with E-state index in [9.17, 15) is 14.4 Å². The van der Waals surface area contributed by atoms with Crippen LogP contribution in [0.4, 0.5) is 0 Å². The minimum atomic E-state index is -0.759. The van der Waals surface area contributed by atoms with E-state index in [-0.39, 0.29) is 31.1 Å². The van der Waals surface area contributed by atoms with Crippen molar-refractivity contribution < 1.29 is 28.6 Å². The Bertz CT molecular complexity index is 706. The molecule has 0 heterocycles. The van der Waals surface area contributed by atoms with Crippen molar-refractivity contribution in [3.8, 4) is 0 Å². The van der Waals surface area contributed by atoms with Gasteiger partial charge in [-0.2, -0.15) is 0 Å². The molecule has 46 heavy (non-hydrogen) atoms. The van der Waals surface area contributed by atoms with Gasteiger partial charge in [-0.1, -0.05) is 169 Å². The fourth-order valence-electron chi connectivity index (χ4n) is 5.66. The van der Waals surface area contributed by atoms with Gasteiger partial charge in [0.15, 0.2) is 6.10 Å². The third-order valence-electron chi connectivity index (χ3n) is 9.08. The van der Waals surface area contributed by atoms with Gasteiger partial charge in [0.1, 0.15) is 13.2 Å². The second kappa shape index (κ2) is 33.3. The molecule has 0 aromatic heterocycles. The lowest BCUT2D eigenvalue weighted by molar-refractivity contribution is -0.167. The van der Waals surface area contributed by atoms with Crippen LogP contribution >= 0.6 is 0 Å². The highest BCUT2D eigenvalue weighted by Crippen LogP contribution is 2.16. The molecule has 0 bridgehead atoms. The van der Waals surface area contributed by atoms with Crippen molar-refractivity contribution >= 4 is 17.9 Å². The highest BCUT2D eigenvalue weighted by molar-refractivity contribution is 5.71. The van der Waals surface area contributed by atoms with E-state index in [1.165, 1.54) is 96.3 Å². The fraction of sp³-hybridized carbons (Fsp3) is 0.925. The van der Waals surface area contributed by atoms with Crippen LogP contribution in [0.3, 0.4) is 0 Å². The number of carbonyl (C=O) groups excluding carboxylic acids is 3. The predicted molar refractivity (Wildman–Crippen MR) is 192 cm³/mol. The predicted octanol–water partition coefficient (Wildman–Crippen LogP) is 11.8. The second-order valence-corrected chi connectivity index (χ2v) is 14.3. The number of unbranched alkanes of at least 4 members (excludes halogenated alkanes) is 18. The van der Waals surface area contributed by atoms with Gasteiger partial charge in [-0.15, -0.1) is 0 Å². The minimum Gasteiger partial charge on any atom is -0.462 e. The maximum atomic E-state index is 12.6. The summed E-state index contributed by atoms with van der Waals surface area (Å²) in [4.78, 5) is 37.3. The van der Waals surface area contributed by atoms with Crippen LogP contribution in [-0.2, 0) is 28.6 Å². The van der Waals surface area contributed by atoms with Crippen molar-refractivity contribution in [2.45, 2.75) is 214 Å². The zero-order chi connectivity index (χ0) is 34.1. The lowest BCUT2D eigenvalue weighted by Gasteiger charge is -2.18. The van der Waals surface area contributed by atoms with Crippen molar-refractivity contribution in [1.82, 2.24) is 0 Å². The van der Waals surface area contributed by atoms with Crippen molar-refractivity contribution in [2.75, 3.05) is 13.2 Å². The van der Waals surface area contributed by atoms with Crippen LogP contribution in [0, 0.1) is 11.8 Å². The Morgan fingerprint density at radius 1 is 0.457 bits per heavy atom. The first-order valence-electron chi connectivity index (χ1n) is 19.8. The second-order valence-electron chi connectivity index (χ2n) is 14.3. The van der Waals surface area contributed by atoms with E-state index in [0.717, 1.165) is 69.6 Å². The van der Waals surface area contributed by atoms with Crippen molar-refractivity contribution in [2.24, 2.45) is 11.8 Å². The van der Waals surface area contributed by atoms with Gasteiger partial charge >= 0.3 is 17.9 Å². The molecule has 0 aliphatic rings. The third-order valence-corrected chi connectivity index (χ3v) is 9.08. The summed E-state index contributed by atoms with van der Waals surface area (Å²) in [5.41, 5.74) is 0. The van der Waals surface area contributed by atoms with E-state index in [0.29, 0.717) is 19.3 Å². The standard InChI is InChI=1S/C40H76O6/c1-6-8-9-10-13-20-25-30-38(41)44-33-37(34-45-39(42)31-26-21-17-16-19-24-29-36(5)7-2)46-40(43)32-27-22-15-12-11-14-18-23-28-35(3)4/h35-37H,6-34H2,1-5H3/t36?,37-/m0/s1. The Kier molecular flexibility index (Phi) is 32.2. The number of hydrogen-bond acceptors (Lipinski definition) is 6. The first kappa shape index (κ1) is 44.4. The Hall–Kier alpha value is -1.59. The smallest absolute Gasteiger partial charge is 0.306 e. The monoisotopic (exact) mass is 653 g/mol. The molecule has 0 rings (SSSR count). The van der Waals surface area contributed by atoms with Crippen LogP contribution in [0.25, 0.3) is 0 Å². The normalized spacial score (nSPS) is 12.7. The van der Waals surface area contributed by atoms with Crippen LogP contribution in [0.15, 0.2) is 0 Å². The SMILES string of the molecule is CCCCCCCCCC(=O)OC[C@@H](COC(=O)CCCCCCCCC(C)CC)OC(=O)CCCCCCCCCCC(C)C. The van der Waals surface area contributed by atoms with Gasteiger partial charge in [-0.25, -0.2) is 0 Å². The summed E-state index contributed by atoms with van der Waals surface area (Å²) in [6.45, 7) is 11.2. The molecule has 0 spiro atoms. The molecule has 0 aliphatic heterocycles. The zero-order valence-electron chi connectivity index (χ0n) is 31.2. The van der Waals surface area contributed by atoms with Gasteiger partial charge in [-0.3, -0.25) is 14.4 Å². The summed E-state index contributed by atoms with van der Waals surface area (Å²) < 4.78 is 16.6. The van der Waals surface area contributed by atoms with E-state index < -0.39 is 6.10 Å². The number of ether oxygens (including phenoxy) is 3. The van der Waals surface area contributed by atoms with Gasteiger partial charge in [0.05, 0.1) is 0 Å². The molecule has 1 unspecified atom stereocenters. The third kappa shape index (κ3) is 32.4. The van der Waals surface area contributed by atoms with Gasteiger partial charge in [0.2, 0.25) is 0 Å². The molecule has 2 atom stereocenters. The summed E-state index contributed by atoms with van der Waals surface area (Å²) in [7, 11) is 0. The Morgan fingerprint density at radius 3 is 1.24 bits per heavy atom. The zero-order valence-corrected chi connectivity index (χ0v) is 31.2. The molecule has 6 nitrogen and oxygen atoms in total. The van der Waals surface area contributed by atoms with Crippen LogP contribution in [0.2, 0.25) is 0 Å². The Balaban J connectivity index is 4.36. The molecule has 6 heteroatoms. The minimum absolute atomic E-state index is 0.0676. The van der Waals surface area contributed by atoms with E-state index in [4.69, 9.17) is 14.2 Å². The summed E-state index contributed by atoms with van der Waals surface area (Å²) in [5, 5.41) is 0. The van der Waals surface area contributed by atoms with E-state index in [1.54, 1.807) is 0 Å². The molecule has 0 saturated carbocycles. The summed E-state index contributed by atoms with van der Waals surface area (Å²) in [5.74, 6) is 0.731. The number of rotatable bonds is 34. The largest absolute Gasteiger partial charge is 0.462 e. The molecule has 0 saturated heterocycles. The Labute approximate surface area is 285 Å². The molecule has 0 N–H and O–H groups in total. The van der Waals surface area contributed by atoms with Gasteiger partial charge in [0, 0.05) is 19.3 Å². The van der Waals surface area contributed by atoms with Crippen molar-refractivity contribution in [3.05, 3.63) is 0 Å². The van der Waals surface area contributed by atoms with E-state index in [1.807, 2.05) is 0 Å². The van der Waals surface area contributed by atoms with Crippen LogP contribution < -0.4 is 0 Å². The van der Waals surface area contributed by atoms with Crippen molar-refractivity contribution in [1.29, 1.82) is 0 Å². The highest BCUT2D eigenvalue weighted by atomic mass is 16.6. The van der Waals surface area contributed by atoms with Crippen molar-refractivity contribution in [3.63, 3.8) is 0 Å². The number of carbonyl (C=O) groups is 3. The first-order chi connectivity index (χ1) is 22.3. The molecule has 0 amide bonds. The topological polar surface area (TPSA) is 78.9 Å². The summed E-state index contributed by atoms with van der Waals surface area (Å²) in [6.07, 6.45) is 28.2. The molecular weight excluding hydrogens is 576 g/mol. The molecule has 0 aromatic carbocycles. The lowest BCUT2D eigenvalue weighted by Crippen LogP contribution is -2.30. The maximum absolute atomic E-state index is 12.6. The maximum Gasteiger partial charge on any atom is 0.306 e. The number of hydrogen-bond donors (Lipinski definition) is 0. The van der Waals surface area contributed by atoms with Gasteiger partial charge in [0.25, 0.3) is 0 Å². The average Bonchev–Trinajstić information content (AvgIpc) is 3.03. The quantitative estimate of drug-likeness (QED) is 0.0391. The molecular formula is C40H76O6. The average molecular weight is 653 g/mol. The molecule has 0 fully saturated rings. The van der Waals surface area contributed by atoms with Gasteiger partial charge in [-0.05, 0) is 31.1 Å². The molecule has 0 aliphatic carbocycles. The Morgan fingerprint density at radius 2 is 0.826 bits per heavy atom. The summed E-state index contributed by atoms with van der Waals surface area (Å²) >= 11 is 0. The van der Waals surface area contributed by atoms with Crippen LogP contribution in [-0.4, -0.2) is 37.2 Å². The van der Waals surface area contributed by atoms with E-state index >= 15 is 0 Å². The summed E-state index contributed by atoms with van der Waals surface area (Å²) in [6, 6.07) is 0. The lowest BCUT2D eigenvalue weighted by atomic mass is 10.00. The fourth-order valence-corrected chi connectivity index (χ4v) is 5.66. The van der Waals surface area contributed by atoms with Gasteiger partial charge < -0.3 is 14.2 Å². The van der Waals surface area contributed by atoms with Crippen LogP contribution in [0.5, 0.6) is 0 Å². The molecule has 0 aromatic rings. The first-order valence-corrected chi connectivity index (χ1v) is 19.8. The molecule has 272 valence electrons. The van der Waals surface area contributed by atoms with Crippen LogP contribution in [0.1, 0.15) is 208 Å².